The first-order valence-electron chi connectivity index (χ1n) is 6.26. The number of alkyl halides is 1. The lowest BCUT2D eigenvalue weighted by Gasteiger charge is -2.25. The van der Waals surface area contributed by atoms with Crippen molar-refractivity contribution in [3.05, 3.63) is 42.1 Å². The summed E-state index contributed by atoms with van der Waals surface area (Å²) < 4.78 is 0. The molecule has 18 heavy (non-hydrogen) atoms. The van der Waals surface area contributed by atoms with Gasteiger partial charge in [0.15, 0.2) is 0 Å². The number of para-hydroxylation sites is 1. The van der Waals surface area contributed by atoms with Crippen molar-refractivity contribution in [1.82, 2.24) is 10.3 Å². The second-order valence-electron chi connectivity index (χ2n) is 5.17. The number of rotatable bonds is 5. The van der Waals surface area contributed by atoms with Gasteiger partial charge in [0.1, 0.15) is 0 Å². The van der Waals surface area contributed by atoms with Crippen LogP contribution in [0.4, 0.5) is 0 Å². The Morgan fingerprint density at radius 3 is 2.72 bits per heavy atom. The van der Waals surface area contributed by atoms with Gasteiger partial charge in [-0.3, -0.25) is 4.98 Å². The second kappa shape index (κ2) is 5.81. The van der Waals surface area contributed by atoms with Gasteiger partial charge in [-0.15, -0.1) is 0 Å². The zero-order valence-corrected chi connectivity index (χ0v) is 12.5. The van der Waals surface area contributed by atoms with Gasteiger partial charge >= 0.3 is 0 Å². The first-order chi connectivity index (χ1) is 8.61. The highest BCUT2D eigenvalue weighted by atomic mass is 79.9. The molecule has 1 aromatic heterocycles. The molecule has 0 saturated heterocycles. The predicted octanol–water partition coefficient (Wildman–Crippen LogP) is 3.89. The predicted molar refractivity (Wildman–Crippen MR) is 81.1 cm³/mol. The van der Waals surface area contributed by atoms with Crippen LogP contribution in [0.3, 0.4) is 0 Å². The van der Waals surface area contributed by atoms with Gasteiger partial charge in [0, 0.05) is 22.8 Å². The highest BCUT2D eigenvalue weighted by Gasteiger charge is 2.15. The summed E-state index contributed by atoms with van der Waals surface area (Å²) in [5, 5.41) is 5.76. The maximum absolute atomic E-state index is 4.66. The lowest BCUT2D eigenvalue weighted by atomic mass is 10.0. The summed E-state index contributed by atoms with van der Waals surface area (Å²) >= 11 is 3.49. The summed E-state index contributed by atoms with van der Waals surface area (Å²) in [5.41, 5.74) is 2.29. The molecule has 1 aromatic carbocycles. The van der Waals surface area contributed by atoms with E-state index in [0.29, 0.717) is 0 Å². The van der Waals surface area contributed by atoms with Gasteiger partial charge in [0.2, 0.25) is 0 Å². The minimum Gasteiger partial charge on any atom is -0.306 e. The minimum absolute atomic E-state index is 0.136. The van der Waals surface area contributed by atoms with E-state index < -0.39 is 0 Å². The molecule has 0 fully saturated rings. The monoisotopic (exact) mass is 306 g/mol. The standard InChI is InChI=1S/C15H19BrN2/c1-15(2,9-10-16)17-11-13-8-7-12-5-3-4-6-14(12)18-13/h3-8,17H,9-11H2,1-2H3. The Hall–Kier alpha value is -0.930. The molecule has 0 aliphatic heterocycles. The van der Waals surface area contributed by atoms with Crippen molar-refractivity contribution in [1.29, 1.82) is 0 Å². The minimum atomic E-state index is 0.136. The number of nitrogens with zero attached hydrogens (tertiary/aromatic N) is 1. The summed E-state index contributed by atoms with van der Waals surface area (Å²) in [4.78, 5) is 4.66. The first-order valence-corrected chi connectivity index (χ1v) is 7.38. The molecule has 96 valence electrons. The Labute approximate surface area is 117 Å². The van der Waals surface area contributed by atoms with Crippen molar-refractivity contribution in [2.75, 3.05) is 5.33 Å². The molecular weight excluding hydrogens is 288 g/mol. The molecule has 3 heteroatoms. The van der Waals surface area contributed by atoms with E-state index in [-0.39, 0.29) is 5.54 Å². The molecule has 0 radical (unpaired) electrons. The van der Waals surface area contributed by atoms with E-state index in [9.17, 15) is 0 Å². The Morgan fingerprint density at radius 2 is 1.94 bits per heavy atom. The number of hydrogen-bond acceptors (Lipinski definition) is 2. The van der Waals surface area contributed by atoms with Gasteiger partial charge < -0.3 is 5.32 Å². The summed E-state index contributed by atoms with van der Waals surface area (Å²) in [6, 6.07) is 12.5. The Bertz CT molecular complexity index is 523. The summed E-state index contributed by atoms with van der Waals surface area (Å²) in [5.74, 6) is 0. The van der Waals surface area contributed by atoms with E-state index in [1.165, 1.54) is 5.39 Å². The molecule has 0 unspecified atom stereocenters. The highest BCUT2D eigenvalue weighted by molar-refractivity contribution is 9.09. The molecule has 0 amide bonds. The van der Waals surface area contributed by atoms with Crippen molar-refractivity contribution < 1.29 is 0 Å². The van der Waals surface area contributed by atoms with Crippen molar-refractivity contribution in [2.45, 2.75) is 32.4 Å². The summed E-state index contributed by atoms with van der Waals surface area (Å²) in [7, 11) is 0. The summed E-state index contributed by atoms with van der Waals surface area (Å²) in [6.45, 7) is 5.25. The summed E-state index contributed by atoms with van der Waals surface area (Å²) in [6.07, 6.45) is 1.10. The Morgan fingerprint density at radius 1 is 1.17 bits per heavy atom. The average molecular weight is 307 g/mol. The number of aromatic nitrogens is 1. The third kappa shape index (κ3) is 3.53. The van der Waals surface area contributed by atoms with Gasteiger partial charge in [-0.2, -0.15) is 0 Å². The Kier molecular flexibility index (Phi) is 4.36. The zero-order chi connectivity index (χ0) is 13.0. The molecule has 1 N–H and O–H groups in total. The van der Waals surface area contributed by atoms with E-state index in [1.54, 1.807) is 0 Å². The number of hydrogen-bond donors (Lipinski definition) is 1. The van der Waals surface area contributed by atoms with Crippen LogP contribution in [0.2, 0.25) is 0 Å². The van der Waals surface area contributed by atoms with E-state index >= 15 is 0 Å². The van der Waals surface area contributed by atoms with Crippen LogP contribution in [-0.4, -0.2) is 15.9 Å². The molecular formula is C15H19BrN2. The topological polar surface area (TPSA) is 24.9 Å². The SMILES string of the molecule is CC(C)(CCBr)NCc1ccc2ccccc2n1. The molecule has 2 aromatic rings. The van der Waals surface area contributed by atoms with Crippen molar-refractivity contribution in [3.8, 4) is 0 Å². The van der Waals surface area contributed by atoms with Gasteiger partial charge in [-0.25, -0.2) is 0 Å². The lowest BCUT2D eigenvalue weighted by molar-refractivity contribution is 0.376. The quantitative estimate of drug-likeness (QED) is 0.848. The maximum Gasteiger partial charge on any atom is 0.0705 e. The van der Waals surface area contributed by atoms with Crippen molar-refractivity contribution in [2.24, 2.45) is 0 Å². The van der Waals surface area contributed by atoms with Gasteiger partial charge in [0.25, 0.3) is 0 Å². The molecule has 1 heterocycles. The third-order valence-electron chi connectivity index (χ3n) is 3.12. The van der Waals surface area contributed by atoms with Crippen molar-refractivity contribution in [3.63, 3.8) is 0 Å². The first kappa shape index (κ1) is 13.5. The van der Waals surface area contributed by atoms with E-state index in [2.05, 4.69) is 64.3 Å². The Balaban J connectivity index is 2.08. The molecule has 0 saturated carbocycles. The highest BCUT2D eigenvalue weighted by Crippen LogP contribution is 2.14. The average Bonchev–Trinajstić information content (AvgIpc) is 2.36. The maximum atomic E-state index is 4.66. The van der Waals surface area contributed by atoms with Crippen LogP contribution in [0.15, 0.2) is 36.4 Å². The smallest absolute Gasteiger partial charge is 0.0705 e. The van der Waals surface area contributed by atoms with Crippen LogP contribution in [0, 0.1) is 0 Å². The number of nitrogens with one attached hydrogen (secondary N) is 1. The fourth-order valence-electron chi connectivity index (χ4n) is 1.86. The molecule has 0 spiro atoms. The van der Waals surface area contributed by atoms with Gasteiger partial charge in [-0.05, 0) is 32.4 Å². The number of pyridine rings is 1. The largest absolute Gasteiger partial charge is 0.306 e. The van der Waals surface area contributed by atoms with Crippen molar-refractivity contribution >= 4 is 26.8 Å². The van der Waals surface area contributed by atoms with Gasteiger partial charge in [-0.1, -0.05) is 40.2 Å². The van der Waals surface area contributed by atoms with Crippen LogP contribution in [0.5, 0.6) is 0 Å². The molecule has 0 aliphatic rings. The fraction of sp³-hybridized carbons (Fsp3) is 0.400. The molecule has 0 bridgehead atoms. The van der Waals surface area contributed by atoms with Crippen LogP contribution in [0.25, 0.3) is 10.9 Å². The van der Waals surface area contributed by atoms with E-state index in [4.69, 9.17) is 0 Å². The van der Waals surface area contributed by atoms with Crippen LogP contribution in [0.1, 0.15) is 26.0 Å². The molecule has 0 aliphatic carbocycles. The second-order valence-corrected chi connectivity index (χ2v) is 5.96. The van der Waals surface area contributed by atoms with Crippen LogP contribution < -0.4 is 5.32 Å². The van der Waals surface area contributed by atoms with Crippen LogP contribution >= 0.6 is 15.9 Å². The van der Waals surface area contributed by atoms with Gasteiger partial charge in [0.05, 0.1) is 11.2 Å². The lowest BCUT2D eigenvalue weighted by Crippen LogP contribution is -2.39. The molecule has 0 atom stereocenters. The zero-order valence-electron chi connectivity index (χ0n) is 10.9. The van der Waals surface area contributed by atoms with E-state index in [1.807, 2.05) is 12.1 Å². The normalized spacial score (nSPS) is 11.9. The van der Waals surface area contributed by atoms with Crippen LogP contribution in [-0.2, 0) is 6.54 Å². The third-order valence-corrected chi connectivity index (χ3v) is 3.52. The van der Waals surface area contributed by atoms with E-state index in [0.717, 1.165) is 29.5 Å². The number of benzene rings is 1. The molecule has 2 nitrogen and oxygen atoms in total. The number of fused-ring (bicyclic) bond motifs is 1. The molecule has 2 rings (SSSR count). The fourth-order valence-corrected chi connectivity index (χ4v) is 2.85. The number of halogens is 1.